The molecule has 3 heteroatoms. The average molecular weight is 250 g/mol. The van der Waals surface area contributed by atoms with Crippen molar-refractivity contribution in [2.24, 2.45) is 0 Å². The summed E-state index contributed by atoms with van der Waals surface area (Å²) >= 11 is 3.42. The monoisotopic (exact) mass is 249 g/mol. The van der Waals surface area contributed by atoms with Crippen LogP contribution in [0.1, 0.15) is 10.4 Å². The first-order valence-electron chi connectivity index (χ1n) is 4.16. The largest absolute Gasteiger partial charge is 0.360 e. The molecule has 0 unspecified atom stereocenters. The third-order valence-electron chi connectivity index (χ3n) is 2.11. The number of benzene rings is 1. The van der Waals surface area contributed by atoms with Crippen LogP contribution < -0.4 is 0 Å². The second kappa shape index (κ2) is 3.42. The molecule has 0 atom stereocenters. The maximum atomic E-state index is 11.5. The van der Waals surface area contributed by atoms with Crippen LogP contribution in [0.3, 0.4) is 0 Å². The molecule has 0 aliphatic rings. The second-order valence-corrected chi connectivity index (χ2v) is 3.79. The Morgan fingerprint density at radius 1 is 1.50 bits per heavy atom. The molecule has 70 valence electrons. The average Bonchev–Trinajstić information content (AvgIpc) is 2.62. The van der Waals surface area contributed by atoms with Gasteiger partial charge >= 0.3 is 0 Å². The summed E-state index contributed by atoms with van der Waals surface area (Å²) < 4.78 is 0.918. The van der Waals surface area contributed by atoms with Crippen molar-refractivity contribution in [1.82, 2.24) is 4.98 Å². The highest BCUT2D eigenvalue weighted by Gasteiger charge is 2.10. The van der Waals surface area contributed by atoms with Crippen molar-refractivity contribution < 1.29 is 4.79 Å². The number of fused-ring (bicyclic) bond motifs is 1. The quantitative estimate of drug-likeness (QED) is 0.643. The number of aromatic nitrogens is 1. The fraction of sp³-hybridized carbons (Fsp3) is 0. The van der Waals surface area contributed by atoms with E-state index in [9.17, 15) is 4.79 Å². The summed E-state index contributed by atoms with van der Waals surface area (Å²) in [6.07, 6.45) is 3.03. The van der Waals surface area contributed by atoms with Gasteiger partial charge in [0.2, 0.25) is 0 Å². The third-order valence-corrected chi connectivity index (χ3v) is 2.77. The lowest BCUT2D eigenvalue weighted by Gasteiger charge is -1.96. The third kappa shape index (κ3) is 1.30. The maximum Gasteiger partial charge on any atom is 0.187 e. The van der Waals surface area contributed by atoms with Gasteiger partial charge < -0.3 is 4.98 Å². The first kappa shape index (κ1) is 9.21. The summed E-state index contributed by atoms with van der Waals surface area (Å²) in [7, 11) is 0. The summed E-state index contributed by atoms with van der Waals surface area (Å²) in [5.74, 6) is -0.0665. The molecule has 0 saturated carbocycles. The van der Waals surface area contributed by atoms with Gasteiger partial charge in [-0.15, -0.1) is 0 Å². The van der Waals surface area contributed by atoms with E-state index in [0.29, 0.717) is 5.56 Å². The SMILES string of the molecule is C=CC(=O)c1c[nH]c2cccc(Br)c12. The van der Waals surface area contributed by atoms with Gasteiger partial charge in [-0.2, -0.15) is 0 Å². The Morgan fingerprint density at radius 2 is 2.29 bits per heavy atom. The Bertz CT molecular complexity index is 513. The minimum absolute atomic E-state index is 0.0665. The summed E-state index contributed by atoms with van der Waals surface area (Å²) in [5, 5.41) is 0.914. The molecule has 1 heterocycles. The standard InChI is InChI=1S/C11H8BrNO/c1-2-10(14)7-6-13-9-5-3-4-8(12)11(7)9/h2-6,13H,1H2. The van der Waals surface area contributed by atoms with Crippen LogP contribution in [0, 0.1) is 0 Å². The Labute approximate surface area is 89.8 Å². The van der Waals surface area contributed by atoms with Crippen molar-refractivity contribution in [2.45, 2.75) is 0 Å². The van der Waals surface area contributed by atoms with Crippen molar-refractivity contribution in [3.63, 3.8) is 0 Å². The van der Waals surface area contributed by atoms with Crippen LogP contribution in [0.2, 0.25) is 0 Å². The van der Waals surface area contributed by atoms with Crippen LogP contribution in [0.15, 0.2) is 41.5 Å². The van der Waals surface area contributed by atoms with E-state index < -0.39 is 0 Å². The number of hydrogen-bond donors (Lipinski definition) is 1. The molecule has 2 aromatic rings. The van der Waals surface area contributed by atoms with Gasteiger partial charge in [-0.3, -0.25) is 4.79 Å². The number of rotatable bonds is 2. The van der Waals surface area contributed by atoms with E-state index in [2.05, 4.69) is 27.5 Å². The number of aromatic amines is 1. The molecule has 0 saturated heterocycles. The first-order valence-corrected chi connectivity index (χ1v) is 4.95. The fourth-order valence-corrected chi connectivity index (χ4v) is 2.02. The summed E-state index contributed by atoms with van der Waals surface area (Å²) in [5.41, 5.74) is 1.60. The van der Waals surface area contributed by atoms with Crippen LogP contribution >= 0.6 is 15.9 Å². The Hall–Kier alpha value is -1.35. The lowest BCUT2D eigenvalue weighted by molar-refractivity contribution is 0.104. The van der Waals surface area contributed by atoms with E-state index in [1.807, 2.05) is 18.2 Å². The van der Waals surface area contributed by atoms with Gasteiger partial charge in [0.25, 0.3) is 0 Å². The molecular weight excluding hydrogens is 242 g/mol. The van der Waals surface area contributed by atoms with E-state index in [4.69, 9.17) is 0 Å². The second-order valence-electron chi connectivity index (χ2n) is 2.93. The molecule has 0 bridgehead atoms. The van der Waals surface area contributed by atoms with E-state index in [1.165, 1.54) is 6.08 Å². The topological polar surface area (TPSA) is 32.9 Å². The lowest BCUT2D eigenvalue weighted by atomic mass is 10.1. The van der Waals surface area contributed by atoms with Crippen molar-refractivity contribution in [3.05, 3.63) is 47.1 Å². The fourth-order valence-electron chi connectivity index (χ4n) is 1.44. The molecule has 0 radical (unpaired) electrons. The predicted molar refractivity (Wildman–Crippen MR) is 60.5 cm³/mol. The molecule has 0 amide bonds. The van der Waals surface area contributed by atoms with E-state index in [1.54, 1.807) is 6.20 Å². The van der Waals surface area contributed by atoms with Gasteiger partial charge in [-0.05, 0) is 18.2 Å². The zero-order chi connectivity index (χ0) is 10.1. The molecule has 0 spiro atoms. The zero-order valence-electron chi connectivity index (χ0n) is 7.38. The molecule has 0 fully saturated rings. The number of halogens is 1. The number of hydrogen-bond acceptors (Lipinski definition) is 1. The minimum atomic E-state index is -0.0665. The van der Waals surface area contributed by atoms with E-state index in [-0.39, 0.29) is 5.78 Å². The van der Waals surface area contributed by atoms with Gasteiger partial charge in [0.15, 0.2) is 5.78 Å². The van der Waals surface area contributed by atoms with Gasteiger partial charge in [-0.25, -0.2) is 0 Å². The molecule has 1 aromatic heterocycles. The number of nitrogens with one attached hydrogen (secondary N) is 1. The molecule has 1 aromatic carbocycles. The van der Waals surface area contributed by atoms with Gasteiger partial charge in [0.1, 0.15) is 0 Å². The van der Waals surface area contributed by atoms with Crippen molar-refractivity contribution in [1.29, 1.82) is 0 Å². The molecule has 14 heavy (non-hydrogen) atoms. The van der Waals surface area contributed by atoms with Crippen LogP contribution in [0.5, 0.6) is 0 Å². The van der Waals surface area contributed by atoms with Crippen LogP contribution in [0.4, 0.5) is 0 Å². The van der Waals surface area contributed by atoms with Gasteiger partial charge in [0, 0.05) is 27.1 Å². The van der Waals surface area contributed by atoms with Crippen molar-refractivity contribution in [3.8, 4) is 0 Å². The molecule has 0 aliphatic heterocycles. The molecule has 2 nitrogen and oxygen atoms in total. The number of carbonyl (C=O) groups excluding carboxylic acids is 1. The minimum Gasteiger partial charge on any atom is -0.360 e. The van der Waals surface area contributed by atoms with Crippen LogP contribution in [-0.2, 0) is 0 Å². The Morgan fingerprint density at radius 3 is 3.00 bits per heavy atom. The molecule has 1 N–H and O–H groups in total. The maximum absolute atomic E-state index is 11.5. The molecular formula is C11H8BrNO. The normalized spacial score (nSPS) is 10.4. The number of allylic oxidation sites excluding steroid dienone is 1. The molecule has 2 rings (SSSR count). The highest BCUT2D eigenvalue weighted by Crippen LogP contribution is 2.27. The zero-order valence-corrected chi connectivity index (χ0v) is 8.97. The van der Waals surface area contributed by atoms with E-state index >= 15 is 0 Å². The Kier molecular flexibility index (Phi) is 2.25. The summed E-state index contributed by atoms with van der Waals surface area (Å²) in [4.78, 5) is 14.5. The molecule has 0 aliphatic carbocycles. The number of carbonyl (C=O) groups is 1. The van der Waals surface area contributed by atoms with Crippen molar-refractivity contribution in [2.75, 3.05) is 0 Å². The highest BCUT2D eigenvalue weighted by molar-refractivity contribution is 9.10. The summed E-state index contributed by atoms with van der Waals surface area (Å²) in [6.45, 7) is 3.47. The Balaban J connectivity index is 2.79. The first-order chi connectivity index (χ1) is 6.74. The number of H-pyrrole nitrogens is 1. The number of ketones is 1. The van der Waals surface area contributed by atoms with Gasteiger partial charge in [-0.1, -0.05) is 28.6 Å². The van der Waals surface area contributed by atoms with Crippen LogP contribution in [-0.4, -0.2) is 10.8 Å². The lowest BCUT2D eigenvalue weighted by Crippen LogP contribution is -1.91. The van der Waals surface area contributed by atoms with Crippen LogP contribution in [0.25, 0.3) is 10.9 Å². The van der Waals surface area contributed by atoms with Gasteiger partial charge in [0.05, 0.1) is 0 Å². The highest BCUT2D eigenvalue weighted by atomic mass is 79.9. The smallest absolute Gasteiger partial charge is 0.187 e. The van der Waals surface area contributed by atoms with E-state index in [0.717, 1.165) is 15.4 Å². The predicted octanol–water partition coefficient (Wildman–Crippen LogP) is 3.30. The summed E-state index contributed by atoms with van der Waals surface area (Å²) in [6, 6.07) is 5.76. The van der Waals surface area contributed by atoms with Crippen molar-refractivity contribution >= 4 is 32.6 Å².